The van der Waals surface area contributed by atoms with Crippen molar-refractivity contribution in [2.75, 3.05) is 7.05 Å². The summed E-state index contributed by atoms with van der Waals surface area (Å²) in [5.41, 5.74) is -0.457. The minimum absolute atomic E-state index is 0.127. The molecule has 19 heavy (non-hydrogen) atoms. The van der Waals surface area contributed by atoms with Crippen molar-refractivity contribution in [2.24, 2.45) is 0 Å². The summed E-state index contributed by atoms with van der Waals surface area (Å²) >= 11 is 3.23. The molecule has 0 saturated carbocycles. The van der Waals surface area contributed by atoms with E-state index in [2.05, 4.69) is 26.2 Å². The molecule has 2 heterocycles. The van der Waals surface area contributed by atoms with Gasteiger partial charge in [-0.2, -0.15) is 13.2 Å². The number of carbonyl (C=O) groups is 1. The standard InChI is InChI=1S/C11H9BrF3N3O/c1-16-5-8-17-9(10(19)11(13,14)15)6-3-2-4-7(12)18(6)8/h2-4,16H,5H2,1H3. The molecule has 1 N–H and O–H groups in total. The van der Waals surface area contributed by atoms with Gasteiger partial charge in [0.15, 0.2) is 0 Å². The summed E-state index contributed by atoms with van der Waals surface area (Å²) in [7, 11) is 1.64. The van der Waals surface area contributed by atoms with Crippen molar-refractivity contribution in [1.29, 1.82) is 0 Å². The number of halogens is 4. The van der Waals surface area contributed by atoms with Crippen LogP contribution in [0.15, 0.2) is 22.8 Å². The number of alkyl halides is 3. The van der Waals surface area contributed by atoms with Gasteiger partial charge in [-0.15, -0.1) is 0 Å². The van der Waals surface area contributed by atoms with Gasteiger partial charge in [0.25, 0.3) is 5.78 Å². The Morgan fingerprint density at radius 1 is 1.47 bits per heavy atom. The molecule has 2 rings (SSSR count). The van der Waals surface area contributed by atoms with Gasteiger partial charge in [0.1, 0.15) is 11.5 Å². The number of fused-ring (bicyclic) bond motifs is 1. The average Bonchev–Trinajstić information content (AvgIpc) is 2.68. The smallest absolute Gasteiger partial charge is 0.313 e. The van der Waals surface area contributed by atoms with Gasteiger partial charge in [-0.3, -0.25) is 9.20 Å². The van der Waals surface area contributed by atoms with Gasteiger partial charge in [0.05, 0.1) is 16.7 Å². The Hall–Kier alpha value is -1.41. The maximum absolute atomic E-state index is 12.5. The van der Waals surface area contributed by atoms with E-state index in [1.165, 1.54) is 10.5 Å². The monoisotopic (exact) mass is 335 g/mol. The molecule has 0 aliphatic rings. The molecular weight excluding hydrogens is 327 g/mol. The predicted octanol–water partition coefficient (Wildman–Crippen LogP) is 2.56. The van der Waals surface area contributed by atoms with Crippen LogP contribution in [0.25, 0.3) is 5.52 Å². The summed E-state index contributed by atoms with van der Waals surface area (Å²) in [5.74, 6) is -1.61. The number of carbonyl (C=O) groups excluding carboxylic acids is 1. The zero-order valence-corrected chi connectivity index (χ0v) is 11.3. The molecule has 0 radical (unpaired) electrons. The maximum atomic E-state index is 12.5. The summed E-state index contributed by atoms with van der Waals surface area (Å²) < 4.78 is 39.6. The minimum Gasteiger partial charge on any atom is -0.313 e. The summed E-state index contributed by atoms with van der Waals surface area (Å²) in [6.45, 7) is 0.245. The van der Waals surface area contributed by atoms with Crippen LogP contribution in [0.4, 0.5) is 13.2 Å². The van der Waals surface area contributed by atoms with Crippen molar-refractivity contribution < 1.29 is 18.0 Å². The highest BCUT2D eigenvalue weighted by Crippen LogP contribution is 2.26. The molecule has 8 heteroatoms. The molecule has 0 aliphatic carbocycles. The van der Waals surface area contributed by atoms with E-state index in [1.807, 2.05) is 0 Å². The molecule has 0 aliphatic heterocycles. The Morgan fingerprint density at radius 2 is 2.16 bits per heavy atom. The van der Waals surface area contributed by atoms with Crippen molar-refractivity contribution in [2.45, 2.75) is 12.7 Å². The van der Waals surface area contributed by atoms with E-state index in [0.29, 0.717) is 10.4 Å². The van der Waals surface area contributed by atoms with Crippen LogP contribution in [-0.2, 0) is 6.54 Å². The zero-order chi connectivity index (χ0) is 14.2. The Kier molecular flexibility index (Phi) is 3.64. The molecule has 0 saturated heterocycles. The number of hydrogen-bond acceptors (Lipinski definition) is 3. The number of rotatable bonds is 3. The molecule has 4 nitrogen and oxygen atoms in total. The van der Waals surface area contributed by atoms with Crippen LogP contribution in [0.3, 0.4) is 0 Å². The predicted molar refractivity (Wildman–Crippen MR) is 66.0 cm³/mol. The number of nitrogens with one attached hydrogen (secondary N) is 1. The van der Waals surface area contributed by atoms with E-state index in [1.54, 1.807) is 19.2 Å². The summed E-state index contributed by atoms with van der Waals surface area (Å²) in [4.78, 5) is 15.2. The van der Waals surface area contributed by atoms with E-state index in [-0.39, 0.29) is 12.1 Å². The number of hydrogen-bond donors (Lipinski definition) is 1. The second-order valence-electron chi connectivity index (χ2n) is 3.80. The Bertz CT molecular complexity index is 636. The first kappa shape index (κ1) is 14.0. The molecular formula is C11H9BrF3N3O. The van der Waals surface area contributed by atoms with Gasteiger partial charge in [-0.05, 0) is 35.1 Å². The topological polar surface area (TPSA) is 46.4 Å². The van der Waals surface area contributed by atoms with E-state index in [9.17, 15) is 18.0 Å². The largest absolute Gasteiger partial charge is 0.456 e. The number of nitrogens with zero attached hydrogens (tertiary/aromatic N) is 2. The first-order valence-electron chi connectivity index (χ1n) is 5.28. The van der Waals surface area contributed by atoms with Crippen LogP contribution >= 0.6 is 15.9 Å². The number of imidazole rings is 1. The fourth-order valence-electron chi connectivity index (χ4n) is 1.74. The van der Waals surface area contributed by atoms with Crippen molar-refractivity contribution in [1.82, 2.24) is 14.7 Å². The van der Waals surface area contributed by atoms with Crippen molar-refractivity contribution in [3.8, 4) is 0 Å². The minimum atomic E-state index is -4.94. The Labute approximate surface area is 114 Å². The van der Waals surface area contributed by atoms with E-state index < -0.39 is 17.7 Å². The van der Waals surface area contributed by atoms with Crippen LogP contribution in [0.5, 0.6) is 0 Å². The van der Waals surface area contributed by atoms with Gasteiger partial charge in [0, 0.05) is 0 Å². The third-order valence-corrected chi connectivity index (χ3v) is 3.11. The molecule has 102 valence electrons. The average molecular weight is 336 g/mol. The Balaban J connectivity index is 2.70. The van der Waals surface area contributed by atoms with E-state index >= 15 is 0 Å². The van der Waals surface area contributed by atoms with Crippen molar-refractivity contribution in [3.05, 3.63) is 34.3 Å². The second-order valence-corrected chi connectivity index (χ2v) is 4.62. The lowest BCUT2D eigenvalue weighted by molar-refractivity contribution is -0.0887. The number of Topliss-reactive ketones (excluding diaryl/α,β-unsaturated/α-hetero) is 1. The van der Waals surface area contributed by atoms with Crippen molar-refractivity contribution >= 4 is 27.2 Å². The molecule has 0 amide bonds. The first-order valence-corrected chi connectivity index (χ1v) is 6.07. The molecule has 2 aromatic rings. The van der Waals surface area contributed by atoms with Crippen LogP contribution in [0.1, 0.15) is 16.3 Å². The number of aromatic nitrogens is 2. The summed E-state index contributed by atoms with van der Waals surface area (Å²) in [6.07, 6.45) is -4.94. The molecule has 0 aromatic carbocycles. The molecule has 0 spiro atoms. The maximum Gasteiger partial charge on any atom is 0.456 e. The van der Waals surface area contributed by atoms with Gasteiger partial charge < -0.3 is 5.32 Å². The molecule has 0 atom stereocenters. The van der Waals surface area contributed by atoms with Gasteiger partial charge in [-0.25, -0.2) is 4.98 Å². The van der Waals surface area contributed by atoms with Gasteiger partial charge in [-0.1, -0.05) is 6.07 Å². The molecule has 0 fully saturated rings. The molecule has 2 aromatic heterocycles. The quantitative estimate of drug-likeness (QED) is 0.692. The lowest BCUT2D eigenvalue weighted by atomic mass is 10.2. The fraction of sp³-hybridized carbons (Fsp3) is 0.273. The van der Waals surface area contributed by atoms with Gasteiger partial charge >= 0.3 is 6.18 Å². The van der Waals surface area contributed by atoms with E-state index in [4.69, 9.17) is 0 Å². The number of pyridine rings is 1. The lowest BCUT2D eigenvalue weighted by Crippen LogP contribution is -2.23. The normalized spacial score (nSPS) is 12.1. The van der Waals surface area contributed by atoms with Gasteiger partial charge in [0.2, 0.25) is 0 Å². The first-order chi connectivity index (χ1) is 8.86. The third kappa shape index (κ3) is 2.50. The highest BCUT2D eigenvalue weighted by atomic mass is 79.9. The second kappa shape index (κ2) is 4.93. The highest BCUT2D eigenvalue weighted by molar-refractivity contribution is 9.10. The van der Waals surface area contributed by atoms with Crippen LogP contribution in [0, 0.1) is 0 Å². The lowest BCUT2D eigenvalue weighted by Gasteiger charge is -2.03. The number of ketones is 1. The van der Waals surface area contributed by atoms with Crippen LogP contribution in [0.2, 0.25) is 0 Å². The van der Waals surface area contributed by atoms with E-state index in [0.717, 1.165) is 0 Å². The highest BCUT2D eigenvalue weighted by Gasteiger charge is 2.42. The van der Waals surface area contributed by atoms with Crippen molar-refractivity contribution in [3.63, 3.8) is 0 Å². The zero-order valence-electron chi connectivity index (χ0n) is 9.75. The third-order valence-electron chi connectivity index (χ3n) is 2.49. The summed E-state index contributed by atoms with van der Waals surface area (Å²) in [6, 6.07) is 4.64. The molecule has 0 bridgehead atoms. The molecule has 0 unspecified atom stereocenters. The Morgan fingerprint density at radius 3 is 2.74 bits per heavy atom. The van der Waals surface area contributed by atoms with Crippen LogP contribution in [-0.4, -0.2) is 28.4 Å². The summed E-state index contributed by atoms with van der Waals surface area (Å²) in [5, 5.41) is 2.80. The SMILES string of the molecule is CNCc1nc(C(=O)C(F)(F)F)c2cccc(Br)n12. The fourth-order valence-corrected chi connectivity index (χ4v) is 2.29. The van der Waals surface area contributed by atoms with Crippen LogP contribution < -0.4 is 5.32 Å².